The maximum Gasteiger partial charge on any atom is 0.339 e. The Morgan fingerprint density at radius 1 is 1.15 bits per heavy atom. The maximum atomic E-state index is 12.6. The van der Waals surface area contributed by atoms with Crippen LogP contribution >= 0.6 is 23.1 Å². The highest BCUT2D eigenvalue weighted by atomic mass is 32.2. The van der Waals surface area contributed by atoms with Crippen molar-refractivity contribution in [1.29, 1.82) is 0 Å². The van der Waals surface area contributed by atoms with E-state index in [-0.39, 0.29) is 35.1 Å². The molecule has 0 aliphatic heterocycles. The number of rotatable bonds is 10. The molecule has 0 saturated heterocycles. The number of carbonyl (C=O) groups excluding carboxylic acids is 3. The first-order chi connectivity index (χ1) is 16.3. The van der Waals surface area contributed by atoms with Crippen LogP contribution in [-0.4, -0.2) is 45.4 Å². The molecule has 180 valence electrons. The zero-order chi connectivity index (χ0) is 24.7. The molecule has 0 spiro atoms. The molecular formula is C23H27N5O4S2. The number of carbonyl (C=O) groups is 3. The van der Waals surface area contributed by atoms with Crippen LogP contribution in [0.15, 0.2) is 46.9 Å². The normalized spacial score (nSPS) is 11.8. The van der Waals surface area contributed by atoms with Crippen molar-refractivity contribution in [2.75, 3.05) is 18.2 Å². The van der Waals surface area contributed by atoms with Gasteiger partial charge in [0, 0.05) is 6.54 Å². The minimum atomic E-state index is -0.525. The van der Waals surface area contributed by atoms with E-state index >= 15 is 0 Å². The molecule has 2 amide bonds. The fraction of sp³-hybridized carbons (Fsp3) is 0.348. The Bertz CT molecular complexity index is 1140. The fourth-order valence-corrected chi connectivity index (χ4v) is 4.72. The van der Waals surface area contributed by atoms with Crippen LogP contribution < -0.4 is 10.6 Å². The molecule has 0 aliphatic rings. The number of nitrogens with one attached hydrogen (secondary N) is 2. The molecule has 0 bridgehead atoms. The molecule has 34 heavy (non-hydrogen) atoms. The van der Waals surface area contributed by atoms with Crippen LogP contribution in [0.25, 0.3) is 0 Å². The third-order valence-electron chi connectivity index (χ3n) is 4.98. The highest BCUT2D eigenvalue weighted by molar-refractivity contribution is 7.99. The van der Waals surface area contributed by atoms with Crippen LogP contribution in [0.3, 0.4) is 0 Å². The van der Waals surface area contributed by atoms with Crippen molar-refractivity contribution >= 4 is 46.6 Å². The molecule has 1 aromatic carbocycles. The topological polar surface area (TPSA) is 115 Å². The predicted molar refractivity (Wildman–Crippen MR) is 132 cm³/mol. The SMILES string of the molecule is CCn1c(SCC(=O)Nc2ccccc2C(=O)OC)nnc1[C@H](NC(=O)c1cccs1)C(C)C. The molecule has 9 nitrogen and oxygen atoms in total. The molecule has 2 heterocycles. The van der Waals surface area contributed by atoms with Gasteiger partial charge in [0.05, 0.1) is 35.0 Å². The Kier molecular flexibility index (Phi) is 8.83. The number of hydrogen-bond donors (Lipinski definition) is 2. The quantitative estimate of drug-likeness (QED) is 0.319. The lowest BCUT2D eigenvalue weighted by Crippen LogP contribution is -2.33. The number of aromatic nitrogens is 3. The Morgan fingerprint density at radius 3 is 2.56 bits per heavy atom. The number of para-hydroxylation sites is 1. The van der Waals surface area contributed by atoms with Crippen molar-refractivity contribution in [1.82, 2.24) is 20.1 Å². The molecule has 3 aromatic rings. The number of benzene rings is 1. The van der Waals surface area contributed by atoms with E-state index in [2.05, 4.69) is 20.8 Å². The molecule has 0 fully saturated rings. The van der Waals surface area contributed by atoms with Crippen LogP contribution in [0.1, 0.15) is 52.7 Å². The Balaban J connectivity index is 1.71. The standard InChI is InChI=1S/C23H27N5O4S2/c1-5-28-20(19(14(2)3)25-21(30)17-11-8-12-33-17)26-27-23(28)34-13-18(29)24-16-10-7-6-9-15(16)22(31)32-4/h6-12,14,19H,5,13H2,1-4H3,(H,24,29)(H,25,30)/t19-/m1/s1. The van der Waals surface area contributed by atoms with Gasteiger partial charge < -0.3 is 19.9 Å². The Morgan fingerprint density at radius 2 is 1.91 bits per heavy atom. The van der Waals surface area contributed by atoms with Gasteiger partial charge in [0.15, 0.2) is 11.0 Å². The number of anilines is 1. The zero-order valence-corrected chi connectivity index (χ0v) is 21.0. The van der Waals surface area contributed by atoms with Gasteiger partial charge in [-0.05, 0) is 36.4 Å². The van der Waals surface area contributed by atoms with E-state index in [4.69, 9.17) is 4.74 Å². The van der Waals surface area contributed by atoms with Crippen LogP contribution in [0, 0.1) is 5.92 Å². The maximum absolute atomic E-state index is 12.6. The Labute approximate surface area is 206 Å². The lowest BCUT2D eigenvalue weighted by Gasteiger charge is -2.22. The number of thiophene rings is 1. The van der Waals surface area contributed by atoms with Crippen molar-refractivity contribution in [3.05, 3.63) is 58.0 Å². The lowest BCUT2D eigenvalue weighted by molar-refractivity contribution is -0.113. The summed E-state index contributed by atoms with van der Waals surface area (Å²) in [7, 11) is 1.29. The van der Waals surface area contributed by atoms with Crippen molar-refractivity contribution in [2.45, 2.75) is 38.5 Å². The second-order valence-corrected chi connectivity index (χ2v) is 9.52. The van der Waals surface area contributed by atoms with Crippen LogP contribution in [0.2, 0.25) is 0 Å². The van der Waals surface area contributed by atoms with Crippen LogP contribution in [0.5, 0.6) is 0 Å². The number of thioether (sulfide) groups is 1. The van der Waals surface area contributed by atoms with Crippen LogP contribution in [-0.2, 0) is 16.1 Å². The van der Waals surface area contributed by atoms with E-state index < -0.39 is 5.97 Å². The molecule has 2 N–H and O–H groups in total. The summed E-state index contributed by atoms with van der Waals surface area (Å²) in [5.41, 5.74) is 0.664. The van der Waals surface area contributed by atoms with Crippen molar-refractivity contribution < 1.29 is 19.1 Å². The van der Waals surface area contributed by atoms with E-state index in [1.54, 1.807) is 30.3 Å². The summed E-state index contributed by atoms with van der Waals surface area (Å²) in [5, 5.41) is 16.9. The summed E-state index contributed by atoms with van der Waals surface area (Å²) < 4.78 is 6.67. The summed E-state index contributed by atoms with van der Waals surface area (Å²) in [6, 6.07) is 9.94. The molecule has 3 rings (SSSR count). The first-order valence-electron chi connectivity index (χ1n) is 10.7. The van der Waals surface area contributed by atoms with E-state index in [1.165, 1.54) is 30.2 Å². The van der Waals surface area contributed by atoms with Crippen LogP contribution in [0.4, 0.5) is 5.69 Å². The highest BCUT2D eigenvalue weighted by Crippen LogP contribution is 2.26. The molecule has 0 aliphatic carbocycles. The van der Waals surface area contributed by atoms with Gasteiger partial charge >= 0.3 is 5.97 Å². The van der Waals surface area contributed by atoms with Gasteiger partial charge in [0.1, 0.15) is 0 Å². The summed E-state index contributed by atoms with van der Waals surface area (Å²) in [6.45, 7) is 6.55. The number of esters is 1. The number of ether oxygens (including phenoxy) is 1. The van der Waals surface area contributed by atoms with E-state index in [0.717, 1.165) is 0 Å². The lowest BCUT2D eigenvalue weighted by atomic mass is 10.0. The van der Waals surface area contributed by atoms with Gasteiger partial charge in [-0.3, -0.25) is 9.59 Å². The van der Waals surface area contributed by atoms with E-state index in [9.17, 15) is 14.4 Å². The van der Waals surface area contributed by atoms with Gasteiger partial charge in [-0.15, -0.1) is 21.5 Å². The van der Waals surface area contributed by atoms with Gasteiger partial charge in [0.2, 0.25) is 5.91 Å². The summed E-state index contributed by atoms with van der Waals surface area (Å²) in [4.78, 5) is 37.8. The minimum absolute atomic E-state index is 0.0710. The summed E-state index contributed by atoms with van der Waals surface area (Å²) in [6.07, 6.45) is 0. The minimum Gasteiger partial charge on any atom is -0.465 e. The summed E-state index contributed by atoms with van der Waals surface area (Å²) >= 11 is 2.61. The van der Waals surface area contributed by atoms with E-state index in [1.807, 2.05) is 36.8 Å². The number of nitrogens with zero attached hydrogens (tertiary/aromatic N) is 3. The zero-order valence-electron chi connectivity index (χ0n) is 19.4. The predicted octanol–water partition coefficient (Wildman–Crippen LogP) is 4.00. The van der Waals surface area contributed by atoms with Gasteiger partial charge in [0.25, 0.3) is 5.91 Å². The van der Waals surface area contributed by atoms with Gasteiger partial charge in [-0.25, -0.2) is 4.79 Å². The molecule has 0 unspecified atom stereocenters. The molecule has 2 aromatic heterocycles. The van der Waals surface area contributed by atoms with Gasteiger partial charge in [-0.1, -0.05) is 43.8 Å². The molecule has 11 heteroatoms. The third-order valence-corrected chi connectivity index (χ3v) is 6.81. The molecule has 0 saturated carbocycles. The number of methoxy groups -OCH3 is 1. The largest absolute Gasteiger partial charge is 0.465 e. The average Bonchev–Trinajstić information content (AvgIpc) is 3.51. The first-order valence-corrected chi connectivity index (χ1v) is 12.6. The van der Waals surface area contributed by atoms with Crippen molar-refractivity contribution in [3.63, 3.8) is 0 Å². The number of amides is 2. The molecule has 0 radical (unpaired) electrons. The third kappa shape index (κ3) is 6.03. The highest BCUT2D eigenvalue weighted by Gasteiger charge is 2.26. The molecular weight excluding hydrogens is 474 g/mol. The first kappa shape index (κ1) is 25.4. The second kappa shape index (κ2) is 11.8. The number of hydrogen-bond acceptors (Lipinski definition) is 8. The summed E-state index contributed by atoms with van der Waals surface area (Å²) in [5.74, 6) is -0.183. The van der Waals surface area contributed by atoms with Crippen molar-refractivity contribution in [3.8, 4) is 0 Å². The monoisotopic (exact) mass is 501 g/mol. The van der Waals surface area contributed by atoms with Crippen molar-refractivity contribution in [2.24, 2.45) is 5.92 Å². The molecule has 1 atom stereocenters. The second-order valence-electron chi connectivity index (χ2n) is 7.63. The average molecular weight is 502 g/mol. The fourth-order valence-electron chi connectivity index (χ4n) is 3.28. The van der Waals surface area contributed by atoms with Gasteiger partial charge in [-0.2, -0.15) is 0 Å². The smallest absolute Gasteiger partial charge is 0.339 e. The Hall–Kier alpha value is -3.18. The van der Waals surface area contributed by atoms with E-state index in [0.29, 0.717) is 28.1 Å².